The summed E-state index contributed by atoms with van der Waals surface area (Å²) in [6.07, 6.45) is 0.347. The summed E-state index contributed by atoms with van der Waals surface area (Å²) in [5.41, 5.74) is 1.68. The summed E-state index contributed by atoms with van der Waals surface area (Å²) in [7, 11) is -1.09. The van der Waals surface area contributed by atoms with Crippen LogP contribution in [0.3, 0.4) is 0 Å². The molecule has 4 nitrogen and oxygen atoms in total. The predicted octanol–water partition coefficient (Wildman–Crippen LogP) is 4.54. The van der Waals surface area contributed by atoms with E-state index in [9.17, 15) is 4.79 Å². The van der Waals surface area contributed by atoms with Crippen LogP contribution in [0, 0.1) is 0 Å². The molecule has 1 amide bonds. The summed E-state index contributed by atoms with van der Waals surface area (Å²) in [5, 5.41) is 2.83. The Labute approximate surface area is 164 Å². The molecule has 2 aromatic rings. The molecular weight excluding hydrogens is 356 g/mol. The highest BCUT2D eigenvalue weighted by molar-refractivity contribution is 6.55. The van der Waals surface area contributed by atoms with Gasteiger partial charge in [0, 0.05) is 11.3 Å². The molecule has 0 radical (unpaired) electrons. The van der Waals surface area contributed by atoms with Gasteiger partial charge in [0.05, 0.1) is 17.6 Å². The monoisotopic (exact) mass is 379 g/mol. The van der Waals surface area contributed by atoms with Gasteiger partial charge in [-0.1, -0.05) is 42.5 Å². The third-order valence-corrected chi connectivity index (χ3v) is 5.79. The topological polar surface area (TPSA) is 47.6 Å². The molecule has 2 aliphatic heterocycles. The van der Waals surface area contributed by atoms with Gasteiger partial charge in [0.25, 0.3) is 0 Å². The Bertz CT molecular complexity index is 953. The Balaban J connectivity index is 1.83. The maximum Gasteiger partial charge on any atom is 0.525 e. The summed E-state index contributed by atoms with van der Waals surface area (Å²) >= 11 is 0. The van der Waals surface area contributed by atoms with Gasteiger partial charge >= 0.3 is 7.12 Å². The van der Waals surface area contributed by atoms with Crippen molar-refractivity contribution in [1.82, 2.24) is 0 Å². The van der Waals surface area contributed by atoms with Gasteiger partial charge < -0.3 is 14.6 Å². The van der Waals surface area contributed by atoms with Gasteiger partial charge in [-0.15, -0.1) is 0 Å². The van der Waals surface area contributed by atoms with Gasteiger partial charge in [-0.25, -0.2) is 4.39 Å². The van der Waals surface area contributed by atoms with E-state index < -0.39 is 24.0 Å². The molecule has 2 heterocycles. The van der Waals surface area contributed by atoms with Crippen LogP contribution in [-0.4, -0.2) is 24.2 Å². The maximum absolute atomic E-state index is 15.8. The second kappa shape index (κ2) is 6.57. The fourth-order valence-corrected chi connectivity index (χ4v) is 3.48. The van der Waals surface area contributed by atoms with E-state index in [0.717, 1.165) is 16.8 Å². The van der Waals surface area contributed by atoms with E-state index in [2.05, 4.69) is 5.32 Å². The molecule has 144 valence electrons. The van der Waals surface area contributed by atoms with E-state index in [1.807, 2.05) is 76.2 Å². The molecule has 0 saturated carbocycles. The normalized spacial score (nSPS) is 20.6. The number of rotatable bonds is 3. The molecule has 6 heteroatoms. The van der Waals surface area contributed by atoms with Crippen LogP contribution in [0.15, 0.2) is 54.3 Å². The molecule has 4 rings (SSSR count). The zero-order valence-electron chi connectivity index (χ0n) is 16.5. The Kier molecular flexibility index (Phi) is 4.44. The fourth-order valence-electron chi connectivity index (χ4n) is 3.48. The zero-order chi connectivity index (χ0) is 20.1. The quantitative estimate of drug-likeness (QED) is 0.797. The van der Waals surface area contributed by atoms with Crippen LogP contribution in [0.4, 0.5) is 10.1 Å². The summed E-state index contributed by atoms with van der Waals surface area (Å²) < 4.78 is 27.7. The first-order valence-corrected chi connectivity index (χ1v) is 9.42. The summed E-state index contributed by atoms with van der Waals surface area (Å²) in [5.74, 6) is -0.0520. The van der Waals surface area contributed by atoms with Crippen LogP contribution in [0.2, 0.25) is 0 Å². The number of fused-ring (bicyclic) bond motifs is 1. The predicted molar refractivity (Wildman–Crippen MR) is 108 cm³/mol. The minimum Gasteiger partial charge on any atom is -0.398 e. The van der Waals surface area contributed by atoms with Crippen molar-refractivity contribution in [3.05, 3.63) is 70.9 Å². The molecule has 1 N–H and O–H groups in total. The number of hydrogen-bond donors (Lipinski definition) is 1. The van der Waals surface area contributed by atoms with Gasteiger partial charge in [0.2, 0.25) is 5.91 Å². The van der Waals surface area contributed by atoms with Crippen LogP contribution >= 0.6 is 0 Å². The Morgan fingerprint density at radius 3 is 2.29 bits per heavy atom. The number of halogens is 1. The smallest absolute Gasteiger partial charge is 0.398 e. The van der Waals surface area contributed by atoms with Gasteiger partial charge in [-0.05, 0) is 50.5 Å². The third-order valence-electron chi connectivity index (χ3n) is 5.79. The van der Waals surface area contributed by atoms with Crippen molar-refractivity contribution in [1.29, 1.82) is 0 Å². The highest BCUT2D eigenvalue weighted by Crippen LogP contribution is 2.41. The van der Waals surface area contributed by atoms with Gasteiger partial charge in [-0.3, -0.25) is 4.79 Å². The van der Waals surface area contributed by atoms with E-state index in [-0.39, 0.29) is 5.91 Å². The molecular formula is C22H23BFNO3. The second-order valence-electron chi connectivity index (χ2n) is 8.27. The minimum atomic E-state index is -1.09. The van der Waals surface area contributed by atoms with Crippen LogP contribution in [0.5, 0.6) is 0 Å². The molecule has 2 aromatic carbocycles. The van der Waals surface area contributed by atoms with Crippen LogP contribution in [0.1, 0.15) is 44.4 Å². The van der Waals surface area contributed by atoms with Crippen LogP contribution in [0.25, 0.3) is 5.57 Å². The number of anilines is 1. The van der Waals surface area contributed by atoms with Crippen molar-refractivity contribution in [3.8, 4) is 0 Å². The summed E-state index contributed by atoms with van der Waals surface area (Å²) in [6, 6.07) is 14.8. The number of carbonyl (C=O) groups excluding carboxylic acids is 1. The molecule has 1 fully saturated rings. The average molecular weight is 379 g/mol. The highest BCUT2D eigenvalue weighted by atomic mass is 19.1. The van der Waals surface area contributed by atoms with Crippen LogP contribution in [-0.2, 0) is 20.5 Å². The van der Waals surface area contributed by atoms with Gasteiger partial charge in [0.15, 0.2) is 0 Å². The molecule has 2 aliphatic rings. The summed E-state index contributed by atoms with van der Waals surface area (Å²) in [4.78, 5) is 11.7. The number of amides is 1. The van der Waals surface area contributed by atoms with Crippen LogP contribution < -0.4 is 5.32 Å². The number of benzene rings is 2. The number of hydrogen-bond acceptors (Lipinski definition) is 3. The molecule has 28 heavy (non-hydrogen) atoms. The lowest BCUT2D eigenvalue weighted by atomic mass is 9.80. The maximum atomic E-state index is 15.8. The molecule has 1 saturated heterocycles. The fraction of sp³-hybridized carbons (Fsp3) is 0.318. The van der Waals surface area contributed by atoms with Crippen molar-refractivity contribution in [3.63, 3.8) is 0 Å². The van der Waals surface area contributed by atoms with Crippen molar-refractivity contribution in [2.24, 2.45) is 0 Å². The third kappa shape index (κ3) is 3.17. The standard InChI is InChI=1S/C22H23BFNO3/c1-21(2)22(3,4)28-23(27-21)20(24)19(14-8-6-5-7-9-14)16-11-10-15-13-18(26)25-17(15)12-16/h5-12H,13H2,1-4H3,(H,25,26). The Hall–Kier alpha value is -2.44. The molecule has 0 aromatic heterocycles. The molecule has 0 bridgehead atoms. The zero-order valence-corrected chi connectivity index (χ0v) is 16.5. The van der Waals surface area contributed by atoms with Gasteiger partial charge in [0.1, 0.15) is 5.73 Å². The average Bonchev–Trinajstić information content (AvgIpc) is 3.10. The SMILES string of the molecule is CC1(C)OB(C(F)=C(c2ccccc2)c2ccc3c(c2)NC(=O)C3)OC1(C)C. The van der Waals surface area contributed by atoms with Gasteiger partial charge in [-0.2, -0.15) is 0 Å². The van der Waals surface area contributed by atoms with E-state index in [4.69, 9.17) is 9.31 Å². The second-order valence-corrected chi connectivity index (χ2v) is 8.27. The lowest BCUT2D eigenvalue weighted by Gasteiger charge is -2.32. The molecule has 0 spiro atoms. The van der Waals surface area contributed by atoms with E-state index in [1.165, 1.54) is 0 Å². The Morgan fingerprint density at radius 1 is 1.00 bits per heavy atom. The van der Waals surface area contributed by atoms with Crippen molar-refractivity contribution in [2.45, 2.75) is 45.3 Å². The molecule has 0 atom stereocenters. The highest BCUT2D eigenvalue weighted by Gasteiger charge is 2.53. The Morgan fingerprint density at radius 2 is 1.64 bits per heavy atom. The lowest BCUT2D eigenvalue weighted by molar-refractivity contribution is -0.115. The van der Waals surface area contributed by atoms with Crippen molar-refractivity contribution in [2.75, 3.05) is 5.32 Å². The van der Waals surface area contributed by atoms with E-state index in [1.54, 1.807) is 0 Å². The molecule has 0 aliphatic carbocycles. The minimum absolute atomic E-state index is 0.0520. The first kappa shape index (κ1) is 18.9. The largest absolute Gasteiger partial charge is 0.525 e. The first-order valence-electron chi connectivity index (χ1n) is 9.42. The summed E-state index contributed by atoms with van der Waals surface area (Å²) in [6.45, 7) is 7.58. The number of nitrogens with one attached hydrogen (secondary N) is 1. The first-order chi connectivity index (χ1) is 13.2. The van der Waals surface area contributed by atoms with Crippen molar-refractivity contribution >= 4 is 24.3 Å². The van der Waals surface area contributed by atoms with E-state index in [0.29, 0.717) is 17.6 Å². The lowest BCUT2D eigenvalue weighted by Crippen LogP contribution is -2.41. The van der Waals surface area contributed by atoms with Crippen molar-refractivity contribution < 1.29 is 18.5 Å². The number of carbonyl (C=O) groups is 1. The van der Waals surface area contributed by atoms with E-state index >= 15 is 4.39 Å². The molecule has 0 unspecified atom stereocenters.